The minimum Gasteiger partial charge on any atom is -0.497 e. The lowest BCUT2D eigenvalue weighted by Gasteiger charge is -2.31. The van der Waals surface area contributed by atoms with E-state index in [4.69, 9.17) is 14.5 Å². The van der Waals surface area contributed by atoms with Gasteiger partial charge in [-0.1, -0.05) is 6.07 Å². The summed E-state index contributed by atoms with van der Waals surface area (Å²) in [4.78, 5) is 23.1. The highest BCUT2D eigenvalue weighted by molar-refractivity contribution is 5.80. The number of methoxy groups -OCH3 is 2. The van der Waals surface area contributed by atoms with E-state index in [1.165, 1.54) is 5.56 Å². The summed E-state index contributed by atoms with van der Waals surface area (Å²) in [6.07, 6.45) is 1.61. The van der Waals surface area contributed by atoms with Crippen molar-refractivity contribution in [2.75, 3.05) is 32.2 Å². The second-order valence-electron chi connectivity index (χ2n) is 7.74. The smallest absolute Gasteiger partial charge is 0.223 e. The summed E-state index contributed by atoms with van der Waals surface area (Å²) >= 11 is 0. The number of carbonyl (C=O) groups excluding carboxylic acids is 1. The van der Waals surface area contributed by atoms with E-state index in [1.807, 2.05) is 24.3 Å². The van der Waals surface area contributed by atoms with Gasteiger partial charge in [-0.15, -0.1) is 0 Å². The highest BCUT2D eigenvalue weighted by atomic mass is 16.5. The number of benzene rings is 2. The van der Waals surface area contributed by atoms with Gasteiger partial charge < -0.3 is 24.7 Å². The fourth-order valence-corrected chi connectivity index (χ4v) is 3.96. The molecule has 30 heavy (non-hydrogen) atoms. The van der Waals surface area contributed by atoms with Crippen LogP contribution in [0.15, 0.2) is 36.4 Å². The fourth-order valence-electron chi connectivity index (χ4n) is 3.96. The second-order valence-corrected chi connectivity index (χ2v) is 7.74. The Kier molecular flexibility index (Phi) is 5.79. The summed E-state index contributed by atoms with van der Waals surface area (Å²) in [5.41, 5.74) is 4.14. The van der Waals surface area contributed by atoms with Gasteiger partial charge in [0.15, 0.2) is 0 Å². The van der Waals surface area contributed by atoms with Crippen LogP contribution in [0.2, 0.25) is 0 Å². The number of piperidine rings is 1. The number of nitrogens with zero attached hydrogens (tertiary/aromatic N) is 2. The first-order chi connectivity index (χ1) is 14.6. The molecule has 0 bridgehead atoms. The van der Waals surface area contributed by atoms with Crippen LogP contribution in [0.25, 0.3) is 11.0 Å². The minimum absolute atomic E-state index is 0.00414. The van der Waals surface area contributed by atoms with E-state index in [0.717, 1.165) is 60.0 Å². The molecule has 7 heteroatoms. The Labute approximate surface area is 176 Å². The predicted molar refractivity (Wildman–Crippen MR) is 117 cm³/mol. The van der Waals surface area contributed by atoms with Gasteiger partial charge in [0, 0.05) is 31.1 Å². The van der Waals surface area contributed by atoms with Crippen molar-refractivity contribution < 1.29 is 14.3 Å². The molecule has 7 nitrogen and oxygen atoms in total. The summed E-state index contributed by atoms with van der Waals surface area (Å²) in [6, 6.07) is 11.8. The number of rotatable bonds is 6. The van der Waals surface area contributed by atoms with E-state index in [0.29, 0.717) is 6.54 Å². The van der Waals surface area contributed by atoms with Crippen LogP contribution < -0.4 is 19.7 Å². The number of aryl methyl sites for hydroxylation is 1. The molecule has 2 aromatic carbocycles. The number of hydrogen-bond donors (Lipinski definition) is 2. The number of H-pyrrole nitrogens is 1. The van der Waals surface area contributed by atoms with Gasteiger partial charge in [-0.3, -0.25) is 4.79 Å². The number of hydrogen-bond acceptors (Lipinski definition) is 5. The molecule has 1 saturated heterocycles. The van der Waals surface area contributed by atoms with Crippen LogP contribution in [0.4, 0.5) is 5.95 Å². The molecule has 2 N–H and O–H groups in total. The molecule has 0 spiro atoms. The Morgan fingerprint density at radius 1 is 1.17 bits per heavy atom. The first-order valence-electron chi connectivity index (χ1n) is 10.3. The number of aromatic nitrogens is 2. The molecular weight excluding hydrogens is 380 g/mol. The van der Waals surface area contributed by atoms with Crippen molar-refractivity contribution in [3.8, 4) is 11.5 Å². The van der Waals surface area contributed by atoms with Crippen molar-refractivity contribution in [2.24, 2.45) is 5.92 Å². The number of nitrogens with one attached hydrogen (secondary N) is 2. The summed E-state index contributed by atoms with van der Waals surface area (Å²) in [5.74, 6) is 2.46. The van der Waals surface area contributed by atoms with E-state index in [2.05, 4.69) is 34.3 Å². The van der Waals surface area contributed by atoms with Crippen molar-refractivity contribution in [2.45, 2.75) is 26.3 Å². The molecule has 0 radical (unpaired) electrons. The quantitative estimate of drug-likeness (QED) is 0.653. The third-order valence-electron chi connectivity index (χ3n) is 5.73. The molecule has 0 saturated carbocycles. The lowest BCUT2D eigenvalue weighted by Crippen LogP contribution is -2.40. The van der Waals surface area contributed by atoms with Gasteiger partial charge >= 0.3 is 0 Å². The zero-order valence-corrected chi connectivity index (χ0v) is 17.7. The number of carbonyl (C=O) groups is 1. The van der Waals surface area contributed by atoms with Crippen LogP contribution in [0, 0.1) is 12.8 Å². The van der Waals surface area contributed by atoms with Crippen LogP contribution in [0.5, 0.6) is 11.5 Å². The molecule has 1 aliphatic heterocycles. The highest BCUT2D eigenvalue weighted by Gasteiger charge is 2.26. The van der Waals surface area contributed by atoms with E-state index in [9.17, 15) is 4.79 Å². The molecule has 0 unspecified atom stereocenters. The highest BCUT2D eigenvalue weighted by Crippen LogP contribution is 2.26. The number of amides is 1. The molecular formula is C23H28N4O3. The summed E-state index contributed by atoms with van der Waals surface area (Å²) < 4.78 is 10.7. The molecule has 1 aliphatic rings. The lowest BCUT2D eigenvalue weighted by molar-refractivity contribution is -0.125. The topological polar surface area (TPSA) is 79.5 Å². The Balaban J connectivity index is 1.34. The molecule has 0 aliphatic carbocycles. The SMILES string of the molecule is COc1ccc(OC)c(CNC(=O)C2CCN(c3nc4ccc(C)cc4[nH]3)CC2)c1. The number of anilines is 1. The van der Waals surface area contributed by atoms with Gasteiger partial charge in [0.05, 0.1) is 25.3 Å². The van der Waals surface area contributed by atoms with E-state index < -0.39 is 0 Å². The largest absolute Gasteiger partial charge is 0.497 e. The Bertz CT molecular complexity index is 1040. The van der Waals surface area contributed by atoms with Crippen molar-refractivity contribution >= 4 is 22.9 Å². The number of ether oxygens (including phenoxy) is 2. The van der Waals surface area contributed by atoms with E-state index in [-0.39, 0.29) is 11.8 Å². The van der Waals surface area contributed by atoms with Crippen molar-refractivity contribution in [3.63, 3.8) is 0 Å². The second kappa shape index (κ2) is 8.65. The van der Waals surface area contributed by atoms with Crippen LogP contribution in [-0.4, -0.2) is 43.2 Å². The van der Waals surface area contributed by atoms with Crippen molar-refractivity contribution in [1.82, 2.24) is 15.3 Å². The Morgan fingerprint density at radius 3 is 2.70 bits per heavy atom. The predicted octanol–water partition coefficient (Wildman–Crippen LogP) is 3.42. The molecule has 4 rings (SSSR count). The average molecular weight is 409 g/mol. The summed E-state index contributed by atoms with van der Waals surface area (Å²) in [5, 5.41) is 3.06. The molecule has 1 fully saturated rings. The standard InChI is InChI=1S/C23H28N4O3/c1-15-4-6-19-20(12-15)26-23(25-19)27-10-8-16(9-11-27)22(28)24-14-17-13-18(29-2)5-7-21(17)30-3/h4-7,12-13,16H,8-11,14H2,1-3H3,(H,24,28)(H,25,26). The van der Waals surface area contributed by atoms with Gasteiger partial charge in [-0.2, -0.15) is 0 Å². The first kappa shape index (κ1) is 20.1. The fraction of sp³-hybridized carbons (Fsp3) is 0.391. The number of fused-ring (bicyclic) bond motifs is 1. The number of aromatic amines is 1. The first-order valence-corrected chi connectivity index (χ1v) is 10.3. The maximum Gasteiger partial charge on any atom is 0.223 e. The number of imidazole rings is 1. The molecule has 0 atom stereocenters. The third-order valence-corrected chi connectivity index (χ3v) is 5.73. The minimum atomic E-state index is 0.00414. The van der Waals surface area contributed by atoms with Gasteiger partial charge in [0.1, 0.15) is 11.5 Å². The molecule has 1 amide bonds. The maximum absolute atomic E-state index is 12.7. The van der Waals surface area contributed by atoms with E-state index in [1.54, 1.807) is 14.2 Å². The van der Waals surface area contributed by atoms with Crippen LogP contribution in [0.3, 0.4) is 0 Å². The Hall–Kier alpha value is -3.22. The zero-order chi connectivity index (χ0) is 21.1. The third kappa shape index (κ3) is 4.20. The van der Waals surface area contributed by atoms with Gasteiger partial charge in [-0.05, 0) is 55.7 Å². The normalized spacial score (nSPS) is 14.7. The molecule has 2 heterocycles. The van der Waals surface area contributed by atoms with E-state index >= 15 is 0 Å². The van der Waals surface area contributed by atoms with Crippen LogP contribution in [0.1, 0.15) is 24.0 Å². The Morgan fingerprint density at radius 2 is 1.97 bits per heavy atom. The average Bonchev–Trinajstić information content (AvgIpc) is 3.20. The van der Waals surface area contributed by atoms with Crippen LogP contribution >= 0.6 is 0 Å². The van der Waals surface area contributed by atoms with Gasteiger partial charge in [0.2, 0.25) is 11.9 Å². The van der Waals surface area contributed by atoms with Crippen molar-refractivity contribution in [1.29, 1.82) is 0 Å². The molecule has 1 aromatic heterocycles. The maximum atomic E-state index is 12.7. The summed E-state index contributed by atoms with van der Waals surface area (Å²) in [6.45, 7) is 4.10. The molecule has 3 aromatic rings. The zero-order valence-electron chi connectivity index (χ0n) is 17.7. The van der Waals surface area contributed by atoms with Gasteiger partial charge in [-0.25, -0.2) is 4.98 Å². The monoisotopic (exact) mass is 408 g/mol. The lowest BCUT2D eigenvalue weighted by atomic mass is 9.96. The summed E-state index contributed by atoms with van der Waals surface area (Å²) in [7, 11) is 3.25. The van der Waals surface area contributed by atoms with Gasteiger partial charge in [0.25, 0.3) is 0 Å². The van der Waals surface area contributed by atoms with Crippen LogP contribution in [-0.2, 0) is 11.3 Å². The van der Waals surface area contributed by atoms with Crippen molar-refractivity contribution in [3.05, 3.63) is 47.5 Å². The molecule has 158 valence electrons.